The highest BCUT2D eigenvalue weighted by Crippen LogP contribution is 2.30. The van der Waals surface area contributed by atoms with Crippen LogP contribution in [0.5, 0.6) is 5.75 Å². The molecule has 0 fully saturated rings. The Kier molecular flexibility index (Phi) is 4.89. The van der Waals surface area contributed by atoms with Crippen molar-refractivity contribution in [3.8, 4) is 5.75 Å². The summed E-state index contributed by atoms with van der Waals surface area (Å²) in [6.07, 6.45) is 4.04. The number of carbonyl (C=O) groups excluding carboxylic acids is 1. The van der Waals surface area contributed by atoms with Crippen LogP contribution in [0.4, 0.5) is 5.69 Å². The highest BCUT2D eigenvalue weighted by molar-refractivity contribution is 5.94. The Morgan fingerprint density at radius 2 is 1.92 bits per heavy atom. The van der Waals surface area contributed by atoms with Crippen molar-refractivity contribution >= 4 is 11.6 Å². The average Bonchev–Trinajstić information content (AvgIpc) is 2.57. The summed E-state index contributed by atoms with van der Waals surface area (Å²) in [4.78, 5) is 12.5. The van der Waals surface area contributed by atoms with Crippen molar-refractivity contribution < 1.29 is 9.53 Å². The smallest absolute Gasteiger partial charge is 0.265 e. The van der Waals surface area contributed by atoms with Gasteiger partial charge in [-0.1, -0.05) is 29.8 Å². The summed E-state index contributed by atoms with van der Waals surface area (Å²) in [5, 5.41) is 2.97. The SMILES string of the molecule is Cc1ccc(NC(=O)[C@H](C)Oc2cccc3c2CCCC3)c(C)c1. The van der Waals surface area contributed by atoms with E-state index < -0.39 is 6.10 Å². The van der Waals surface area contributed by atoms with Gasteiger partial charge in [0.25, 0.3) is 5.91 Å². The van der Waals surface area contributed by atoms with Crippen molar-refractivity contribution in [2.45, 2.75) is 52.6 Å². The topological polar surface area (TPSA) is 38.3 Å². The number of carbonyl (C=O) groups is 1. The van der Waals surface area contributed by atoms with Crippen LogP contribution in [0.1, 0.15) is 42.0 Å². The Morgan fingerprint density at radius 3 is 2.71 bits per heavy atom. The van der Waals surface area contributed by atoms with Crippen molar-refractivity contribution in [1.29, 1.82) is 0 Å². The lowest BCUT2D eigenvalue weighted by Crippen LogP contribution is -2.30. The molecule has 0 spiro atoms. The highest BCUT2D eigenvalue weighted by Gasteiger charge is 2.19. The highest BCUT2D eigenvalue weighted by atomic mass is 16.5. The molecule has 0 heterocycles. The zero-order chi connectivity index (χ0) is 17.1. The Hall–Kier alpha value is -2.29. The van der Waals surface area contributed by atoms with E-state index in [1.807, 2.05) is 38.1 Å². The average molecular weight is 323 g/mol. The first-order valence-corrected chi connectivity index (χ1v) is 8.70. The van der Waals surface area contributed by atoms with Gasteiger partial charge in [-0.25, -0.2) is 0 Å². The molecule has 0 bridgehead atoms. The first-order chi connectivity index (χ1) is 11.5. The maximum Gasteiger partial charge on any atom is 0.265 e. The largest absolute Gasteiger partial charge is 0.481 e. The molecule has 0 aliphatic heterocycles. The molecule has 2 aromatic rings. The number of ether oxygens (including phenoxy) is 1. The zero-order valence-electron chi connectivity index (χ0n) is 14.7. The van der Waals surface area contributed by atoms with E-state index in [4.69, 9.17) is 4.74 Å². The Balaban J connectivity index is 1.71. The van der Waals surface area contributed by atoms with Gasteiger partial charge >= 0.3 is 0 Å². The van der Waals surface area contributed by atoms with Gasteiger partial charge in [-0.3, -0.25) is 4.79 Å². The maximum absolute atomic E-state index is 12.5. The molecule has 2 aromatic carbocycles. The van der Waals surface area contributed by atoms with Crippen LogP contribution < -0.4 is 10.1 Å². The minimum absolute atomic E-state index is 0.115. The van der Waals surface area contributed by atoms with E-state index in [9.17, 15) is 4.79 Å². The molecule has 1 atom stereocenters. The van der Waals surface area contributed by atoms with Crippen LogP contribution in [0.25, 0.3) is 0 Å². The van der Waals surface area contributed by atoms with Gasteiger partial charge in [0.1, 0.15) is 5.75 Å². The molecule has 1 amide bonds. The second kappa shape index (κ2) is 7.08. The molecule has 24 heavy (non-hydrogen) atoms. The number of fused-ring (bicyclic) bond motifs is 1. The fourth-order valence-corrected chi connectivity index (χ4v) is 3.29. The van der Waals surface area contributed by atoms with Crippen molar-refractivity contribution in [1.82, 2.24) is 0 Å². The summed E-state index contributed by atoms with van der Waals surface area (Å²) < 4.78 is 6.00. The van der Waals surface area contributed by atoms with Crippen molar-refractivity contribution in [3.05, 3.63) is 58.7 Å². The van der Waals surface area contributed by atoms with Crippen LogP contribution in [0.3, 0.4) is 0 Å². The van der Waals surface area contributed by atoms with Crippen LogP contribution in [0.2, 0.25) is 0 Å². The normalized spacial score (nSPS) is 14.6. The molecule has 3 rings (SSSR count). The first-order valence-electron chi connectivity index (χ1n) is 8.70. The Morgan fingerprint density at radius 1 is 1.12 bits per heavy atom. The summed E-state index contributed by atoms with van der Waals surface area (Å²) in [7, 11) is 0. The number of benzene rings is 2. The molecule has 0 saturated carbocycles. The number of amides is 1. The summed E-state index contributed by atoms with van der Waals surface area (Å²) >= 11 is 0. The van der Waals surface area contributed by atoms with Crippen molar-refractivity contribution in [2.24, 2.45) is 0 Å². The molecule has 0 saturated heterocycles. The minimum Gasteiger partial charge on any atom is -0.481 e. The third-order valence-electron chi connectivity index (χ3n) is 4.67. The van der Waals surface area contributed by atoms with E-state index in [-0.39, 0.29) is 5.91 Å². The first kappa shape index (κ1) is 16.6. The second-order valence-corrected chi connectivity index (χ2v) is 6.67. The molecule has 0 radical (unpaired) electrons. The van der Waals surface area contributed by atoms with E-state index in [1.165, 1.54) is 29.5 Å². The predicted molar refractivity (Wildman–Crippen MR) is 97.7 cm³/mol. The minimum atomic E-state index is -0.529. The van der Waals surface area contributed by atoms with Crippen LogP contribution in [-0.2, 0) is 17.6 Å². The fourth-order valence-electron chi connectivity index (χ4n) is 3.29. The number of aryl methyl sites for hydroxylation is 3. The van der Waals surface area contributed by atoms with Gasteiger partial charge in [0, 0.05) is 5.69 Å². The van der Waals surface area contributed by atoms with E-state index in [2.05, 4.69) is 17.4 Å². The third kappa shape index (κ3) is 3.61. The van der Waals surface area contributed by atoms with E-state index in [0.717, 1.165) is 29.8 Å². The summed E-state index contributed by atoms with van der Waals surface area (Å²) in [6.45, 7) is 5.85. The molecular formula is C21H25NO2. The van der Waals surface area contributed by atoms with Gasteiger partial charge in [0.2, 0.25) is 0 Å². The molecule has 1 aliphatic carbocycles. The maximum atomic E-state index is 12.5. The van der Waals surface area contributed by atoms with Crippen LogP contribution in [0, 0.1) is 13.8 Å². The number of hydrogen-bond donors (Lipinski definition) is 1. The molecule has 3 nitrogen and oxygen atoms in total. The Labute approximate surface area is 144 Å². The van der Waals surface area contributed by atoms with E-state index in [0.29, 0.717) is 0 Å². The van der Waals surface area contributed by atoms with Gasteiger partial charge in [0.15, 0.2) is 6.10 Å². The third-order valence-corrected chi connectivity index (χ3v) is 4.67. The van der Waals surface area contributed by atoms with Crippen LogP contribution >= 0.6 is 0 Å². The molecule has 0 aromatic heterocycles. The van der Waals surface area contributed by atoms with Crippen molar-refractivity contribution in [3.63, 3.8) is 0 Å². The summed E-state index contributed by atoms with van der Waals surface area (Å²) in [5.41, 5.74) is 5.73. The Bertz CT molecular complexity index is 751. The van der Waals surface area contributed by atoms with Gasteiger partial charge < -0.3 is 10.1 Å². The predicted octanol–water partition coefficient (Wildman–Crippen LogP) is 4.59. The van der Waals surface area contributed by atoms with E-state index >= 15 is 0 Å². The molecule has 126 valence electrons. The monoisotopic (exact) mass is 323 g/mol. The van der Waals surface area contributed by atoms with Gasteiger partial charge in [-0.2, -0.15) is 0 Å². The number of hydrogen-bond acceptors (Lipinski definition) is 2. The van der Waals surface area contributed by atoms with E-state index in [1.54, 1.807) is 6.92 Å². The number of rotatable bonds is 4. The number of anilines is 1. The number of nitrogens with one attached hydrogen (secondary N) is 1. The molecule has 3 heteroatoms. The summed E-state index contributed by atoms with van der Waals surface area (Å²) in [6, 6.07) is 12.2. The summed E-state index contributed by atoms with van der Waals surface area (Å²) in [5.74, 6) is 0.742. The van der Waals surface area contributed by atoms with Crippen LogP contribution in [0.15, 0.2) is 36.4 Å². The van der Waals surface area contributed by atoms with Crippen molar-refractivity contribution in [2.75, 3.05) is 5.32 Å². The fraction of sp³-hybridized carbons (Fsp3) is 0.381. The zero-order valence-corrected chi connectivity index (χ0v) is 14.7. The lowest BCUT2D eigenvalue weighted by atomic mass is 9.91. The van der Waals surface area contributed by atoms with Crippen LogP contribution in [-0.4, -0.2) is 12.0 Å². The lowest BCUT2D eigenvalue weighted by molar-refractivity contribution is -0.122. The second-order valence-electron chi connectivity index (χ2n) is 6.67. The quantitative estimate of drug-likeness (QED) is 0.894. The molecule has 0 unspecified atom stereocenters. The molecular weight excluding hydrogens is 298 g/mol. The van der Waals surface area contributed by atoms with Gasteiger partial charge in [-0.15, -0.1) is 0 Å². The van der Waals surface area contributed by atoms with Gasteiger partial charge in [0.05, 0.1) is 0 Å². The molecule has 1 N–H and O–H groups in total. The molecule has 1 aliphatic rings. The van der Waals surface area contributed by atoms with Gasteiger partial charge in [-0.05, 0) is 75.3 Å². The lowest BCUT2D eigenvalue weighted by Gasteiger charge is -2.22. The standard InChI is InChI=1S/C21H25NO2/c1-14-11-12-19(15(2)13-14)22-21(23)16(3)24-20-10-6-8-17-7-4-5-9-18(17)20/h6,8,10-13,16H,4-5,7,9H2,1-3H3,(H,22,23)/t16-/m0/s1.